The van der Waals surface area contributed by atoms with E-state index < -0.39 is 10.0 Å². The number of nitrogens with one attached hydrogen (secondary N) is 1. The third-order valence-electron chi connectivity index (χ3n) is 3.24. The van der Waals surface area contributed by atoms with Gasteiger partial charge in [-0.1, -0.05) is 30.3 Å². The topological polar surface area (TPSA) is 66.4 Å². The molecule has 1 aliphatic carbocycles. The Morgan fingerprint density at radius 1 is 1.11 bits per heavy atom. The molecule has 0 bridgehead atoms. The molecule has 4 nitrogen and oxygen atoms in total. The predicted molar refractivity (Wildman–Crippen MR) is 70.5 cm³/mol. The highest BCUT2D eigenvalue weighted by Crippen LogP contribution is 2.19. The number of benzene rings is 1. The van der Waals surface area contributed by atoms with Crippen LogP contribution in [0.3, 0.4) is 0 Å². The van der Waals surface area contributed by atoms with Crippen molar-refractivity contribution >= 4 is 10.0 Å². The molecule has 0 spiro atoms. The summed E-state index contributed by atoms with van der Waals surface area (Å²) in [6, 6.07) is 9.13. The molecule has 0 saturated heterocycles. The van der Waals surface area contributed by atoms with Crippen molar-refractivity contribution in [2.24, 2.45) is 0 Å². The standard InChI is InChI=1S/C13H19NO3S/c15-13-8-6-12(7-9-13)14-18(16,17)10-11-4-2-1-3-5-11/h1-5,12-15H,6-10H2. The predicted octanol–water partition coefficient (Wildman–Crippen LogP) is 1.41. The summed E-state index contributed by atoms with van der Waals surface area (Å²) < 4.78 is 26.7. The van der Waals surface area contributed by atoms with Gasteiger partial charge in [0.05, 0.1) is 11.9 Å². The number of hydrogen-bond donors (Lipinski definition) is 2. The summed E-state index contributed by atoms with van der Waals surface area (Å²) >= 11 is 0. The van der Waals surface area contributed by atoms with Crippen LogP contribution in [0.5, 0.6) is 0 Å². The molecule has 0 heterocycles. The normalized spacial score (nSPS) is 24.9. The Morgan fingerprint density at radius 3 is 2.33 bits per heavy atom. The first-order valence-corrected chi connectivity index (χ1v) is 7.92. The second-order valence-electron chi connectivity index (χ2n) is 4.87. The molecule has 18 heavy (non-hydrogen) atoms. The van der Waals surface area contributed by atoms with Crippen molar-refractivity contribution in [2.45, 2.75) is 43.6 Å². The van der Waals surface area contributed by atoms with Gasteiger partial charge in [0.25, 0.3) is 0 Å². The van der Waals surface area contributed by atoms with Gasteiger partial charge in [0.1, 0.15) is 0 Å². The van der Waals surface area contributed by atoms with E-state index in [4.69, 9.17) is 0 Å². The minimum absolute atomic E-state index is 0.0207. The maximum atomic E-state index is 12.0. The van der Waals surface area contributed by atoms with Crippen LogP contribution in [-0.2, 0) is 15.8 Å². The summed E-state index contributed by atoms with van der Waals surface area (Å²) in [5.74, 6) is 0.0207. The zero-order valence-corrected chi connectivity index (χ0v) is 11.1. The maximum absolute atomic E-state index is 12.0. The molecule has 1 aliphatic rings. The SMILES string of the molecule is O=S(=O)(Cc1ccccc1)NC1CCC(O)CC1. The van der Waals surface area contributed by atoms with E-state index in [0.29, 0.717) is 12.8 Å². The number of sulfonamides is 1. The second-order valence-corrected chi connectivity index (χ2v) is 6.62. The van der Waals surface area contributed by atoms with Gasteiger partial charge in [-0.05, 0) is 31.2 Å². The quantitative estimate of drug-likeness (QED) is 0.868. The highest BCUT2D eigenvalue weighted by molar-refractivity contribution is 7.88. The molecule has 1 aromatic carbocycles. The van der Waals surface area contributed by atoms with Crippen LogP contribution in [0.1, 0.15) is 31.2 Å². The number of aliphatic hydroxyl groups is 1. The van der Waals surface area contributed by atoms with Crippen LogP contribution in [0.2, 0.25) is 0 Å². The first kappa shape index (κ1) is 13.5. The van der Waals surface area contributed by atoms with Crippen LogP contribution in [0.4, 0.5) is 0 Å². The molecule has 2 N–H and O–H groups in total. The summed E-state index contributed by atoms with van der Waals surface area (Å²) in [7, 11) is -3.28. The molecule has 5 heteroatoms. The van der Waals surface area contributed by atoms with Gasteiger partial charge in [0.15, 0.2) is 0 Å². The van der Waals surface area contributed by atoms with Crippen molar-refractivity contribution in [3.63, 3.8) is 0 Å². The molecule has 0 atom stereocenters. The second kappa shape index (κ2) is 5.82. The summed E-state index contributed by atoms with van der Waals surface area (Å²) in [6.45, 7) is 0. The van der Waals surface area contributed by atoms with Gasteiger partial charge < -0.3 is 5.11 Å². The van der Waals surface area contributed by atoms with Crippen molar-refractivity contribution in [3.05, 3.63) is 35.9 Å². The lowest BCUT2D eigenvalue weighted by Gasteiger charge is -2.25. The van der Waals surface area contributed by atoms with E-state index >= 15 is 0 Å². The Balaban J connectivity index is 1.92. The van der Waals surface area contributed by atoms with Crippen molar-refractivity contribution in [2.75, 3.05) is 0 Å². The van der Waals surface area contributed by atoms with Crippen LogP contribution in [0, 0.1) is 0 Å². The van der Waals surface area contributed by atoms with Gasteiger partial charge >= 0.3 is 0 Å². The molecule has 0 amide bonds. The zero-order chi connectivity index (χ0) is 13.0. The Kier molecular flexibility index (Phi) is 4.37. The van der Waals surface area contributed by atoms with E-state index in [1.807, 2.05) is 30.3 Å². The van der Waals surface area contributed by atoms with Crippen LogP contribution >= 0.6 is 0 Å². The van der Waals surface area contributed by atoms with Gasteiger partial charge in [0, 0.05) is 6.04 Å². The van der Waals surface area contributed by atoms with E-state index in [2.05, 4.69) is 4.72 Å². The Hall–Kier alpha value is -0.910. The van der Waals surface area contributed by atoms with E-state index in [1.54, 1.807) is 0 Å². The molecule has 0 radical (unpaired) electrons. The Morgan fingerprint density at radius 2 is 1.72 bits per heavy atom. The highest BCUT2D eigenvalue weighted by atomic mass is 32.2. The summed E-state index contributed by atoms with van der Waals surface area (Å²) in [4.78, 5) is 0. The lowest BCUT2D eigenvalue weighted by atomic mass is 9.94. The average molecular weight is 269 g/mol. The Labute approximate surface area is 108 Å². The van der Waals surface area contributed by atoms with Crippen LogP contribution in [0.15, 0.2) is 30.3 Å². The molecular formula is C13H19NO3S. The van der Waals surface area contributed by atoms with Crippen molar-refractivity contribution in [1.82, 2.24) is 4.72 Å². The average Bonchev–Trinajstić information content (AvgIpc) is 2.32. The summed E-state index contributed by atoms with van der Waals surface area (Å²) in [5, 5.41) is 9.38. The first-order valence-electron chi connectivity index (χ1n) is 6.27. The minimum Gasteiger partial charge on any atom is -0.393 e. The molecule has 100 valence electrons. The fourth-order valence-corrected chi connectivity index (χ4v) is 3.74. The van der Waals surface area contributed by atoms with Gasteiger partial charge in [0.2, 0.25) is 10.0 Å². The summed E-state index contributed by atoms with van der Waals surface area (Å²) in [6.07, 6.45) is 2.53. The van der Waals surface area contributed by atoms with Gasteiger partial charge in [-0.15, -0.1) is 0 Å². The molecule has 1 fully saturated rings. The zero-order valence-electron chi connectivity index (χ0n) is 10.2. The summed E-state index contributed by atoms with van der Waals surface area (Å²) in [5.41, 5.74) is 0.792. The number of hydrogen-bond acceptors (Lipinski definition) is 3. The van der Waals surface area contributed by atoms with Crippen LogP contribution in [0.25, 0.3) is 0 Å². The third-order valence-corrected chi connectivity index (χ3v) is 4.65. The molecule has 2 rings (SSSR count). The third kappa shape index (κ3) is 4.08. The highest BCUT2D eigenvalue weighted by Gasteiger charge is 2.23. The maximum Gasteiger partial charge on any atom is 0.216 e. The van der Waals surface area contributed by atoms with E-state index in [9.17, 15) is 13.5 Å². The smallest absolute Gasteiger partial charge is 0.216 e. The monoisotopic (exact) mass is 269 g/mol. The van der Waals surface area contributed by atoms with Crippen molar-refractivity contribution in [1.29, 1.82) is 0 Å². The molecule has 0 aliphatic heterocycles. The Bertz CT molecular complexity index is 464. The minimum atomic E-state index is -3.28. The van der Waals surface area contributed by atoms with Gasteiger partial charge in [-0.3, -0.25) is 0 Å². The van der Waals surface area contributed by atoms with Gasteiger partial charge in [-0.2, -0.15) is 0 Å². The van der Waals surface area contributed by atoms with Crippen LogP contribution < -0.4 is 4.72 Å². The number of aliphatic hydroxyl groups excluding tert-OH is 1. The molecule has 1 saturated carbocycles. The molecule has 0 unspecified atom stereocenters. The van der Waals surface area contributed by atoms with Crippen LogP contribution in [-0.4, -0.2) is 25.7 Å². The largest absolute Gasteiger partial charge is 0.393 e. The fourth-order valence-electron chi connectivity index (χ4n) is 2.28. The molecule has 1 aromatic rings. The van der Waals surface area contributed by atoms with E-state index in [-0.39, 0.29) is 17.9 Å². The van der Waals surface area contributed by atoms with Crippen molar-refractivity contribution < 1.29 is 13.5 Å². The van der Waals surface area contributed by atoms with E-state index in [0.717, 1.165) is 18.4 Å². The molecular weight excluding hydrogens is 250 g/mol. The molecule has 0 aromatic heterocycles. The first-order chi connectivity index (χ1) is 8.55. The lowest BCUT2D eigenvalue weighted by Crippen LogP contribution is -2.39. The van der Waals surface area contributed by atoms with Crippen molar-refractivity contribution in [3.8, 4) is 0 Å². The van der Waals surface area contributed by atoms with E-state index in [1.165, 1.54) is 0 Å². The van der Waals surface area contributed by atoms with Gasteiger partial charge in [-0.25, -0.2) is 13.1 Å². The lowest BCUT2D eigenvalue weighted by molar-refractivity contribution is 0.120. The fraction of sp³-hybridized carbons (Fsp3) is 0.538. The number of rotatable bonds is 4.